The first kappa shape index (κ1) is 13.5. The average molecular weight is 236 g/mol. The molecule has 4 nitrogen and oxygen atoms in total. The van der Waals surface area contributed by atoms with E-state index >= 15 is 0 Å². The van der Waals surface area contributed by atoms with Crippen LogP contribution < -0.4 is 10.6 Å². The average Bonchev–Trinajstić information content (AvgIpc) is 2.22. The maximum atomic E-state index is 11.2. The van der Waals surface area contributed by atoms with Gasteiger partial charge in [-0.15, -0.1) is 0 Å². The lowest BCUT2D eigenvalue weighted by molar-refractivity contribution is -0.138. The maximum Gasteiger partial charge on any atom is 0.312 e. The molecule has 3 N–H and O–H groups in total. The summed E-state index contributed by atoms with van der Waals surface area (Å²) < 4.78 is 0. The molecule has 0 aliphatic heterocycles. The van der Waals surface area contributed by atoms with E-state index in [1.807, 2.05) is 45.0 Å². The molecule has 0 fully saturated rings. The van der Waals surface area contributed by atoms with Gasteiger partial charge in [-0.1, -0.05) is 6.07 Å². The Morgan fingerprint density at radius 3 is 2.29 bits per heavy atom. The SMILES string of the molecule is Cc1cc(C(CN)C(=O)O)c(N(C)C)cc1C. The molecular weight excluding hydrogens is 216 g/mol. The fourth-order valence-electron chi connectivity index (χ4n) is 1.85. The predicted molar refractivity (Wildman–Crippen MR) is 69.7 cm³/mol. The third-order valence-electron chi connectivity index (χ3n) is 3.03. The standard InChI is InChI=1S/C13H20N2O2/c1-8-5-10(11(7-14)13(16)17)12(15(3)4)6-9(8)2/h5-6,11H,7,14H2,1-4H3,(H,16,17). The van der Waals surface area contributed by atoms with Gasteiger partial charge < -0.3 is 15.7 Å². The zero-order valence-corrected chi connectivity index (χ0v) is 10.8. The summed E-state index contributed by atoms with van der Waals surface area (Å²) >= 11 is 0. The zero-order chi connectivity index (χ0) is 13.2. The van der Waals surface area contributed by atoms with Crippen molar-refractivity contribution in [3.8, 4) is 0 Å². The first-order valence-electron chi connectivity index (χ1n) is 5.59. The molecule has 1 unspecified atom stereocenters. The van der Waals surface area contributed by atoms with Gasteiger partial charge in [-0.3, -0.25) is 4.79 Å². The van der Waals surface area contributed by atoms with Gasteiger partial charge in [0.2, 0.25) is 0 Å². The minimum absolute atomic E-state index is 0.110. The lowest BCUT2D eigenvalue weighted by Gasteiger charge is -2.22. The Balaban J connectivity index is 3.39. The molecule has 0 spiro atoms. The molecule has 0 aliphatic carbocycles. The third-order valence-corrected chi connectivity index (χ3v) is 3.03. The number of nitrogens with zero attached hydrogens (tertiary/aromatic N) is 1. The van der Waals surface area contributed by atoms with Gasteiger partial charge in [-0.2, -0.15) is 0 Å². The number of anilines is 1. The lowest BCUT2D eigenvalue weighted by atomic mass is 9.93. The quantitative estimate of drug-likeness (QED) is 0.831. The summed E-state index contributed by atoms with van der Waals surface area (Å²) in [6.07, 6.45) is 0. The molecule has 0 aromatic heterocycles. The topological polar surface area (TPSA) is 66.6 Å². The number of benzene rings is 1. The van der Waals surface area contributed by atoms with Crippen LogP contribution in [0.2, 0.25) is 0 Å². The minimum Gasteiger partial charge on any atom is -0.481 e. The molecule has 4 heteroatoms. The number of hydrogen-bond acceptors (Lipinski definition) is 3. The van der Waals surface area contributed by atoms with Gasteiger partial charge in [0.1, 0.15) is 0 Å². The van der Waals surface area contributed by atoms with Crippen molar-refractivity contribution in [1.29, 1.82) is 0 Å². The molecular formula is C13H20N2O2. The molecule has 0 aliphatic rings. The molecule has 0 radical (unpaired) electrons. The molecule has 0 saturated heterocycles. The van der Waals surface area contributed by atoms with Gasteiger partial charge in [0.15, 0.2) is 0 Å². The van der Waals surface area contributed by atoms with Gasteiger partial charge in [0.05, 0.1) is 5.92 Å². The van der Waals surface area contributed by atoms with Crippen LogP contribution in [0.15, 0.2) is 12.1 Å². The summed E-state index contributed by atoms with van der Waals surface area (Å²) in [5, 5.41) is 9.19. The van der Waals surface area contributed by atoms with Crippen molar-refractivity contribution in [1.82, 2.24) is 0 Å². The van der Waals surface area contributed by atoms with E-state index in [0.717, 1.165) is 22.4 Å². The Hall–Kier alpha value is -1.55. The molecule has 0 amide bonds. The van der Waals surface area contributed by atoms with E-state index in [9.17, 15) is 9.90 Å². The second kappa shape index (κ2) is 5.19. The van der Waals surface area contributed by atoms with Crippen molar-refractivity contribution >= 4 is 11.7 Å². The normalized spacial score (nSPS) is 12.3. The fraction of sp³-hybridized carbons (Fsp3) is 0.462. The van der Waals surface area contributed by atoms with E-state index in [1.54, 1.807) is 0 Å². The first-order chi connectivity index (χ1) is 7.88. The molecule has 1 atom stereocenters. The molecule has 0 bridgehead atoms. The highest BCUT2D eigenvalue weighted by Gasteiger charge is 2.22. The first-order valence-corrected chi connectivity index (χ1v) is 5.59. The number of aliphatic carboxylic acids is 1. The summed E-state index contributed by atoms with van der Waals surface area (Å²) in [4.78, 5) is 13.1. The van der Waals surface area contributed by atoms with E-state index in [4.69, 9.17) is 5.73 Å². The number of carboxylic acids is 1. The Bertz CT molecular complexity index is 428. The Morgan fingerprint density at radius 2 is 1.88 bits per heavy atom. The van der Waals surface area contributed by atoms with Crippen LogP contribution in [0.5, 0.6) is 0 Å². The van der Waals surface area contributed by atoms with Crippen LogP contribution >= 0.6 is 0 Å². The van der Waals surface area contributed by atoms with Gasteiger partial charge in [-0.05, 0) is 36.6 Å². The highest BCUT2D eigenvalue weighted by atomic mass is 16.4. The lowest BCUT2D eigenvalue weighted by Crippen LogP contribution is -2.24. The number of aryl methyl sites for hydroxylation is 2. The molecule has 0 saturated carbocycles. The van der Waals surface area contributed by atoms with Crippen molar-refractivity contribution in [2.75, 3.05) is 25.5 Å². The van der Waals surface area contributed by atoms with Gasteiger partial charge in [-0.25, -0.2) is 0 Å². The monoisotopic (exact) mass is 236 g/mol. The summed E-state index contributed by atoms with van der Waals surface area (Å²) in [6, 6.07) is 3.94. The van der Waals surface area contributed by atoms with Crippen molar-refractivity contribution < 1.29 is 9.90 Å². The van der Waals surface area contributed by atoms with E-state index in [-0.39, 0.29) is 6.54 Å². The molecule has 1 rings (SSSR count). The summed E-state index contributed by atoms with van der Waals surface area (Å²) in [5.41, 5.74) is 9.51. The van der Waals surface area contributed by atoms with Crippen molar-refractivity contribution in [2.45, 2.75) is 19.8 Å². The van der Waals surface area contributed by atoms with Gasteiger partial charge >= 0.3 is 5.97 Å². The number of carbonyl (C=O) groups is 1. The number of carboxylic acid groups (broad SMARTS) is 1. The van der Waals surface area contributed by atoms with Crippen molar-refractivity contribution in [2.24, 2.45) is 5.73 Å². The predicted octanol–water partition coefficient (Wildman–Crippen LogP) is 1.50. The van der Waals surface area contributed by atoms with E-state index < -0.39 is 11.9 Å². The Kier molecular flexibility index (Phi) is 4.12. The second-order valence-corrected chi connectivity index (χ2v) is 4.52. The van der Waals surface area contributed by atoms with Crippen LogP contribution in [0.25, 0.3) is 0 Å². The summed E-state index contributed by atoms with van der Waals surface area (Å²) in [6.45, 7) is 4.11. The number of nitrogens with two attached hydrogens (primary N) is 1. The third kappa shape index (κ3) is 2.77. The van der Waals surface area contributed by atoms with Crippen molar-refractivity contribution in [3.05, 3.63) is 28.8 Å². The molecule has 1 aromatic rings. The minimum atomic E-state index is -0.876. The second-order valence-electron chi connectivity index (χ2n) is 4.52. The van der Waals surface area contributed by atoms with E-state index in [2.05, 4.69) is 0 Å². The van der Waals surface area contributed by atoms with Gasteiger partial charge in [0, 0.05) is 26.3 Å². The molecule has 0 heterocycles. The maximum absolute atomic E-state index is 11.2. The smallest absolute Gasteiger partial charge is 0.312 e. The van der Waals surface area contributed by atoms with Crippen LogP contribution in [0.3, 0.4) is 0 Å². The Labute approximate surface area is 102 Å². The van der Waals surface area contributed by atoms with Crippen LogP contribution in [-0.2, 0) is 4.79 Å². The highest BCUT2D eigenvalue weighted by Crippen LogP contribution is 2.29. The number of rotatable bonds is 4. The molecule has 17 heavy (non-hydrogen) atoms. The van der Waals surface area contributed by atoms with Crippen LogP contribution in [0.4, 0.5) is 5.69 Å². The van der Waals surface area contributed by atoms with Crippen LogP contribution in [-0.4, -0.2) is 31.7 Å². The van der Waals surface area contributed by atoms with Crippen molar-refractivity contribution in [3.63, 3.8) is 0 Å². The number of hydrogen-bond donors (Lipinski definition) is 2. The van der Waals surface area contributed by atoms with Crippen LogP contribution in [0, 0.1) is 13.8 Å². The highest BCUT2D eigenvalue weighted by molar-refractivity contribution is 5.80. The fourth-order valence-corrected chi connectivity index (χ4v) is 1.85. The summed E-state index contributed by atoms with van der Waals surface area (Å²) in [5.74, 6) is -1.52. The van der Waals surface area contributed by atoms with Crippen LogP contribution in [0.1, 0.15) is 22.6 Å². The van der Waals surface area contributed by atoms with E-state index in [1.165, 1.54) is 0 Å². The van der Waals surface area contributed by atoms with Gasteiger partial charge in [0.25, 0.3) is 0 Å². The summed E-state index contributed by atoms with van der Waals surface area (Å²) in [7, 11) is 3.81. The zero-order valence-electron chi connectivity index (χ0n) is 10.8. The molecule has 1 aromatic carbocycles. The largest absolute Gasteiger partial charge is 0.481 e. The Morgan fingerprint density at radius 1 is 1.35 bits per heavy atom. The molecule has 94 valence electrons. The van der Waals surface area contributed by atoms with E-state index in [0.29, 0.717) is 0 Å².